The number of fused-ring (bicyclic) bond motifs is 4. The Morgan fingerprint density at radius 3 is 1.26 bits per heavy atom. The number of rotatable bonds is 8. The van der Waals surface area contributed by atoms with E-state index in [9.17, 15) is 19.8 Å². The molecule has 0 amide bonds. The first-order valence-corrected chi connectivity index (χ1v) is 13.7. The molecule has 2 aliphatic heterocycles. The van der Waals surface area contributed by atoms with Crippen molar-refractivity contribution in [2.24, 2.45) is 10.8 Å². The summed E-state index contributed by atoms with van der Waals surface area (Å²) in [7, 11) is 9.50. The van der Waals surface area contributed by atoms with E-state index in [0.29, 0.717) is 22.6 Å². The number of hydrogen-bond donors (Lipinski definition) is 2. The Labute approximate surface area is 245 Å². The molecular formula is C32H38N2O8. The molecule has 42 heavy (non-hydrogen) atoms. The van der Waals surface area contributed by atoms with Crippen molar-refractivity contribution in [3.8, 4) is 11.5 Å². The Balaban J connectivity index is 1.79. The number of methoxy groups -OCH3 is 4. The summed E-state index contributed by atoms with van der Waals surface area (Å²) < 4.78 is 21.2. The Hall–Kier alpha value is -4.02. The molecular weight excluding hydrogens is 540 g/mol. The van der Waals surface area contributed by atoms with E-state index in [1.165, 1.54) is 14.2 Å². The number of aliphatic hydroxyl groups is 2. The number of aliphatic hydroxyl groups excluding tert-OH is 2. The summed E-state index contributed by atoms with van der Waals surface area (Å²) in [6, 6.07) is 13.8. The highest BCUT2D eigenvalue weighted by Crippen LogP contribution is 2.73. The van der Waals surface area contributed by atoms with Crippen LogP contribution in [-0.4, -0.2) is 99.8 Å². The quantitative estimate of drug-likeness (QED) is 0.452. The van der Waals surface area contributed by atoms with E-state index < -0.39 is 46.7 Å². The molecule has 2 aromatic carbocycles. The largest absolute Gasteiger partial charge is 0.497 e. The van der Waals surface area contributed by atoms with Crippen molar-refractivity contribution in [3.05, 3.63) is 83.2 Å². The monoisotopic (exact) mass is 578 g/mol. The van der Waals surface area contributed by atoms with Gasteiger partial charge in [0.25, 0.3) is 0 Å². The van der Waals surface area contributed by atoms with Crippen molar-refractivity contribution in [1.29, 1.82) is 0 Å². The lowest BCUT2D eigenvalue weighted by Crippen LogP contribution is -2.86. The highest BCUT2D eigenvalue weighted by molar-refractivity contribution is 5.92. The Kier molecular flexibility index (Phi) is 7.72. The minimum Gasteiger partial charge on any atom is -0.497 e. The van der Waals surface area contributed by atoms with Crippen LogP contribution in [0.1, 0.15) is 23.0 Å². The Morgan fingerprint density at radius 2 is 1.00 bits per heavy atom. The van der Waals surface area contributed by atoms with Gasteiger partial charge < -0.3 is 39.0 Å². The van der Waals surface area contributed by atoms with Crippen molar-refractivity contribution in [2.45, 2.75) is 23.9 Å². The van der Waals surface area contributed by atoms with Crippen LogP contribution in [0.4, 0.5) is 0 Å². The summed E-state index contributed by atoms with van der Waals surface area (Å²) in [5, 5.41) is 22.9. The predicted octanol–water partition coefficient (Wildman–Crippen LogP) is 2.28. The summed E-state index contributed by atoms with van der Waals surface area (Å²) in [6.07, 6.45) is 3.49. The lowest BCUT2D eigenvalue weighted by Gasteiger charge is -2.77. The maximum atomic E-state index is 13.3. The summed E-state index contributed by atoms with van der Waals surface area (Å²) in [5.74, 6) is -0.901. The van der Waals surface area contributed by atoms with Crippen molar-refractivity contribution >= 4 is 11.9 Å². The fourth-order valence-corrected chi connectivity index (χ4v) is 8.35. The Morgan fingerprint density at radius 1 is 0.667 bits per heavy atom. The maximum absolute atomic E-state index is 13.3. The number of nitrogens with zero attached hydrogens (tertiary/aromatic N) is 2. The van der Waals surface area contributed by atoms with Crippen LogP contribution in [0.15, 0.2) is 72.1 Å². The van der Waals surface area contributed by atoms with Crippen LogP contribution in [0.3, 0.4) is 0 Å². The smallest absolute Gasteiger partial charge is 0.335 e. The zero-order valence-corrected chi connectivity index (χ0v) is 24.7. The van der Waals surface area contributed by atoms with E-state index in [-0.39, 0.29) is 13.2 Å². The van der Waals surface area contributed by atoms with E-state index in [1.807, 2.05) is 72.4 Å². The maximum Gasteiger partial charge on any atom is 0.335 e. The molecule has 3 aliphatic rings. The molecule has 1 saturated carbocycles. The van der Waals surface area contributed by atoms with Crippen molar-refractivity contribution in [3.63, 3.8) is 0 Å². The molecule has 5 rings (SSSR count). The van der Waals surface area contributed by atoms with Gasteiger partial charge >= 0.3 is 11.9 Å². The summed E-state index contributed by atoms with van der Waals surface area (Å²) >= 11 is 0. The van der Waals surface area contributed by atoms with Gasteiger partial charge in [-0.25, -0.2) is 9.59 Å². The molecule has 0 spiro atoms. The lowest BCUT2D eigenvalue weighted by molar-refractivity contribution is -0.254. The van der Waals surface area contributed by atoms with E-state index >= 15 is 0 Å². The molecule has 224 valence electrons. The summed E-state index contributed by atoms with van der Waals surface area (Å²) in [6.45, 7) is -0.610. The number of ether oxygens (including phenoxy) is 4. The third-order valence-electron chi connectivity index (χ3n) is 9.52. The molecule has 2 atom stereocenters. The van der Waals surface area contributed by atoms with E-state index in [2.05, 4.69) is 0 Å². The van der Waals surface area contributed by atoms with Gasteiger partial charge in [0, 0.05) is 61.2 Å². The minimum absolute atomic E-state index is 0.305. The second-order valence-electron chi connectivity index (χ2n) is 11.2. The van der Waals surface area contributed by atoms with Crippen molar-refractivity contribution in [1.82, 2.24) is 9.80 Å². The molecule has 1 fully saturated rings. The number of esters is 2. The summed E-state index contributed by atoms with van der Waals surface area (Å²) in [5.41, 5.74) is 0.397. The third-order valence-corrected chi connectivity index (χ3v) is 9.52. The number of benzene rings is 2. The lowest BCUT2D eigenvalue weighted by atomic mass is 9.34. The minimum atomic E-state index is -0.984. The number of carbonyl (C=O) groups excluding carboxylic acids is 2. The normalized spacial score (nSPS) is 29.7. The highest BCUT2D eigenvalue weighted by Gasteiger charge is 2.80. The zero-order chi connectivity index (χ0) is 30.4. The van der Waals surface area contributed by atoms with E-state index in [4.69, 9.17) is 18.9 Å². The number of carbonyl (C=O) groups is 2. The molecule has 2 aromatic rings. The van der Waals surface area contributed by atoms with E-state index in [0.717, 1.165) is 11.1 Å². The van der Waals surface area contributed by atoms with Crippen LogP contribution in [0.2, 0.25) is 0 Å². The van der Waals surface area contributed by atoms with Gasteiger partial charge in [-0.3, -0.25) is 0 Å². The highest BCUT2D eigenvalue weighted by atomic mass is 16.5. The van der Waals surface area contributed by atoms with Gasteiger partial charge in [-0.15, -0.1) is 0 Å². The molecule has 0 bridgehead atoms. The average molecular weight is 579 g/mol. The van der Waals surface area contributed by atoms with Gasteiger partial charge in [0.15, 0.2) is 0 Å². The van der Waals surface area contributed by atoms with Crippen LogP contribution in [0.5, 0.6) is 11.5 Å². The van der Waals surface area contributed by atoms with E-state index in [1.54, 1.807) is 26.6 Å². The van der Waals surface area contributed by atoms with Crippen molar-refractivity contribution < 1.29 is 38.7 Å². The van der Waals surface area contributed by atoms with Crippen LogP contribution in [0, 0.1) is 10.8 Å². The second-order valence-corrected chi connectivity index (χ2v) is 11.2. The van der Waals surface area contributed by atoms with Gasteiger partial charge in [-0.2, -0.15) is 0 Å². The molecule has 0 saturated heterocycles. The third kappa shape index (κ3) is 3.92. The fraction of sp³-hybridized carbons (Fsp3) is 0.438. The van der Waals surface area contributed by atoms with Crippen LogP contribution >= 0.6 is 0 Å². The molecule has 10 heteroatoms. The number of hydrogen-bond acceptors (Lipinski definition) is 10. The SMILES string of the molecule is COC(=O)C1=CN(C)C2C(CO)(C3N(C)C=C(C(=O)OC)[C@H](c4ccc(OC)cc4)C23CO)[C@H]1c1ccc(OC)cc1. The Bertz CT molecular complexity index is 1290. The molecule has 0 aromatic heterocycles. The topological polar surface area (TPSA) is 118 Å². The zero-order valence-electron chi connectivity index (χ0n) is 24.7. The molecule has 10 nitrogen and oxygen atoms in total. The molecule has 0 unspecified atom stereocenters. The molecule has 0 radical (unpaired) electrons. The molecule has 2 heterocycles. The first-order valence-electron chi connectivity index (χ1n) is 13.7. The molecule has 2 N–H and O–H groups in total. The second kappa shape index (κ2) is 11.0. The van der Waals surface area contributed by atoms with Gasteiger partial charge in [-0.1, -0.05) is 24.3 Å². The first kappa shape index (κ1) is 29.5. The van der Waals surface area contributed by atoms with Gasteiger partial charge in [0.05, 0.1) is 52.8 Å². The van der Waals surface area contributed by atoms with Crippen LogP contribution < -0.4 is 9.47 Å². The van der Waals surface area contributed by atoms with Crippen molar-refractivity contribution in [2.75, 3.05) is 55.7 Å². The predicted molar refractivity (Wildman–Crippen MR) is 154 cm³/mol. The first-order chi connectivity index (χ1) is 20.2. The fourth-order valence-electron chi connectivity index (χ4n) is 8.35. The summed E-state index contributed by atoms with van der Waals surface area (Å²) in [4.78, 5) is 30.4. The average Bonchev–Trinajstić information content (AvgIpc) is 3.01. The van der Waals surface area contributed by atoms with Crippen LogP contribution in [-0.2, 0) is 19.1 Å². The standard InChI is InChI=1S/C32H38N2O8/c1-33-15-23(27(37)41-5)25(19-7-11-21(39-3)12-8-19)31(17-35)29(33)32(18-36)26(20-9-13-22(40-4)14-10-20)24(28(38)42-6)16-34(2)30(31)32/h7-16,25-26,29-30,35-36H,17-18H2,1-6H3/t25-,26-,29?,30?,31?,32?/m0/s1. The van der Waals surface area contributed by atoms with Gasteiger partial charge in [0.1, 0.15) is 11.5 Å². The molecule has 1 aliphatic carbocycles. The van der Waals surface area contributed by atoms with Gasteiger partial charge in [0.2, 0.25) is 0 Å². The van der Waals surface area contributed by atoms with Crippen LogP contribution in [0.25, 0.3) is 0 Å². The van der Waals surface area contributed by atoms with Gasteiger partial charge in [-0.05, 0) is 35.4 Å².